The fourth-order valence-corrected chi connectivity index (χ4v) is 6.07. The standard InChI is InChI=1S/C29H22N2O4S/c1-35-23-9-5-4-8-21(23)26-22-15-14-18-6-2-3-7-20(18)25(22)30-29-31(26)27(32)24(36-29)16-17-10-12-19(13-11-17)28(33)34/h2-13,16,26H,14-15H2,1H3,(H,33,34)/b24-16-/t26-/m1/s1. The van der Waals surface area contributed by atoms with Gasteiger partial charge in [-0.25, -0.2) is 9.79 Å². The van der Waals surface area contributed by atoms with Crippen molar-refractivity contribution in [3.8, 4) is 5.75 Å². The Morgan fingerprint density at radius 3 is 2.58 bits per heavy atom. The lowest BCUT2D eigenvalue weighted by molar-refractivity contribution is 0.0697. The molecule has 4 aromatic rings. The number of fused-ring (bicyclic) bond motifs is 3. The van der Waals surface area contributed by atoms with E-state index in [2.05, 4.69) is 18.2 Å². The van der Waals surface area contributed by atoms with Crippen molar-refractivity contribution < 1.29 is 14.6 Å². The summed E-state index contributed by atoms with van der Waals surface area (Å²) in [6.07, 6.45) is 3.49. The van der Waals surface area contributed by atoms with E-state index in [0.29, 0.717) is 9.33 Å². The van der Waals surface area contributed by atoms with E-state index in [1.54, 1.807) is 42.0 Å². The molecule has 178 valence electrons. The molecule has 1 aromatic heterocycles. The monoisotopic (exact) mass is 494 g/mol. The summed E-state index contributed by atoms with van der Waals surface area (Å²) in [6, 6.07) is 22.3. The van der Waals surface area contributed by atoms with Crippen molar-refractivity contribution in [2.24, 2.45) is 4.99 Å². The third-order valence-electron chi connectivity index (χ3n) is 6.76. The van der Waals surface area contributed by atoms with Crippen molar-refractivity contribution in [1.82, 2.24) is 4.57 Å². The number of methoxy groups -OCH3 is 1. The molecule has 1 aliphatic heterocycles. The Morgan fingerprint density at radius 1 is 1.06 bits per heavy atom. The molecule has 1 aliphatic carbocycles. The van der Waals surface area contributed by atoms with E-state index in [9.17, 15) is 14.7 Å². The van der Waals surface area contributed by atoms with Crippen molar-refractivity contribution in [2.45, 2.75) is 18.9 Å². The van der Waals surface area contributed by atoms with E-state index < -0.39 is 5.97 Å². The Morgan fingerprint density at radius 2 is 1.81 bits per heavy atom. The number of aromatic carboxylic acids is 1. The molecular formula is C29H22N2O4S. The summed E-state index contributed by atoms with van der Waals surface area (Å²) in [5.74, 6) is -0.252. The van der Waals surface area contributed by atoms with Gasteiger partial charge in [-0.05, 0) is 53.8 Å². The molecule has 6 rings (SSSR count). The van der Waals surface area contributed by atoms with Crippen molar-refractivity contribution in [3.05, 3.63) is 126 Å². The molecule has 36 heavy (non-hydrogen) atoms. The summed E-state index contributed by atoms with van der Waals surface area (Å²) >= 11 is 1.35. The normalized spacial score (nSPS) is 16.6. The fraction of sp³-hybridized carbons (Fsp3) is 0.138. The van der Waals surface area contributed by atoms with Gasteiger partial charge in [0.05, 0.1) is 28.9 Å². The second-order valence-electron chi connectivity index (χ2n) is 8.78. The predicted octanol–water partition coefficient (Wildman–Crippen LogP) is 4.03. The van der Waals surface area contributed by atoms with Crippen LogP contribution in [0.25, 0.3) is 11.8 Å². The first-order valence-electron chi connectivity index (χ1n) is 11.6. The number of benzene rings is 3. The van der Waals surface area contributed by atoms with Crippen molar-refractivity contribution >= 4 is 29.1 Å². The van der Waals surface area contributed by atoms with E-state index in [1.807, 2.05) is 30.3 Å². The molecule has 2 heterocycles. The highest BCUT2D eigenvalue weighted by atomic mass is 32.1. The fourth-order valence-electron chi connectivity index (χ4n) is 5.06. The smallest absolute Gasteiger partial charge is 0.335 e. The zero-order chi connectivity index (χ0) is 24.8. The van der Waals surface area contributed by atoms with E-state index in [4.69, 9.17) is 9.73 Å². The van der Waals surface area contributed by atoms with Crippen LogP contribution in [0.3, 0.4) is 0 Å². The molecule has 1 atom stereocenters. The second kappa shape index (κ2) is 8.77. The molecule has 0 bridgehead atoms. The number of para-hydroxylation sites is 1. The van der Waals surface area contributed by atoms with Crippen LogP contribution in [0.2, 0.25) is 0 Å². The number of aromatic nitrogens is 1. The van der Waals surface area contributed by atoms with Crippen molar-refractivity contribution in [2.75, 3.05) is 7.11 Å². The molecule has 1 N–H and O–H groups in total. The molecule has 0 fully saturated rings. The number of carbonyl (C=O) groups is 1. The van der Waals surface area contributed by atoms with Crippen LogP contribution in [0.4, 0.5) is 0 Å². The first kappa shape index (κ1) is 22.2. The summed E-state index contributed by atoms with van der Waals surface area (Å²) in [7, 11) is 1.65. The third-order valence-corrected chi connectivity index (χ3v) is 7.74. The minimum absolute atomic E-state index is 0.123. The average Bonchev–Trinajstić information content (AvgIpc) is 3.22. The van der Waals surface area contributed by atoms with Gasteiger partial charge in [0.15, 0.2) is 4.80 Å². The summed E-state index contributed by atoms with van der Waals surface area (Å²) in [5.41, 5.74) is 6.19. The summed E-state index contributed by atoms with van der Waals surface area (Å²) in [4.78, 5) is 30.7. The van der Waals surface area contributed by atoms with Gasteiger partial charge in [-0.3, -0.25) is 9.36 Å². The first-order valence-corrected chi connectivity index (χ1v) is 12.5. The second-order valence-corrected chi connectivity index (χ2v) is 9.79. The molecule has 0 radical (unpaired) electrons. The van der Waals surface area contributed by atoms with Crippen LogP contribution in [-0.2, 0) is 6.42 Å². The van der Waals surface area contributed by atoms with Gasteiger partial charge in [-0.15, -0.1) is 0 Å². The van der Waals surface area contributed by atoms with Gasteiger partial charge < -0.3 is 9.84 Å². The van der Waals surface area contributed by atoms with Gasteiger partial charge in [-0.2, -0.15) is 0 Å². The maximum atomic E-state index is 13.8. The number of allylic oxidation sites excluding steroid dienone is 1. The number of carboxylic acids is 1. The van der Waals surface area contributed by atoms with Crippen LogP contribution in [0.15, 0.2) is 88.2 Å². The Bertz CT molecular complexity index is 1730. The molecule has 0 saturated carbocycles. The zero-order valence-corrected chi connectivity index (χ0v) is 20.3. The predicted molar refractivity (Wildman–Crippen MR) is 139 cm³/mol. The molecule has 7 heteroatoms. The van der Waals surface area contributed by atoms with Gasteiger partial charge >= 0.3 is 5.97 Å². The van der Waals surface area contributed by atoms with Crippen LogP contribution in [0, 0.1) is 0 Å². The Hall–Kier alpha value is -4.23. The lowest BCUT2D eigenvalue weighted by Crippen LogP contribution is -2.39. The largest absolute Gasteiger partial charge is 0.496 e. The molecule has 2 aliphatic rings. The molecule has 0 unspecified atom stereocenters. The number of rotatable bonds is 4. The van der Waals surface area contributed by atoms with Crippen molar-refractivity contribution in [3.63, 3.8) is 0 Å². The molecule has 3 aromatic carbocycles. The molecule has 6 nitrogen and oxygen atoms in total. The SMILES string of the molecule is COc1ccccc1[C@@H]1C2=C(N=c3s/c(=C\c4ccc(C(=O)O)cc4)c(=O)n31)c1ccccc1CC2. The maximum Gasteiger partial charge on any atom is 0.335 e. The minimum Gasteiger partial charge on any atom is -0.496 e. The van der Waals surface area contributed by atoms with E-state index in [-0.39, 0.29) is 17.2 Å². The molecular weight excluding hydrogens is 472 g/mol. The van der Waals surface area contributed by atoms with Gasteiger partial charge in [0.2, 0.25) is 0 Å². The summed E-state index contributed by atoms with van der Waals surface area (Å²) in [6.45, 7) is 0. The highest BCUT2D eigenvalue weighted by molar-refractivity contribution is 7.07. The van der Waals surface area contributed by atoms with Crippen LogP contribution < -0.4 is 19.6 Å². The minimum atomic E-state index is -0.983. The van der Waals surface area contributed by atoms with Crippen LogP contribution in [-0.4, -0.2) is 22.8 Å². The number of hydrogen-bond acceptors (Lipinski definition) is 5. The highest BCUT2D eigenvalue weighted by Gasteiger charge is 2.33. The zero-order valence-electron chi connectivity index (χ0n) is 19.5. The summed E-state index contributed by atoms with van der Waals surface area (Å²) in [5, 5.41) is 9.18. The lowest BCUT2D eigenvalue weighted by Gasteiger charge is -2.31. The Kier molecular flexibility index (Phi) is 5.42. The van der Waals surface area contributed by atoms with E-state index in [1.165, 1.54) is 16.9 Å². The van der Waals surface area contributed by atoms with Gasteiger partial charge in [0.25, 0.3) is 5.56 Å². The lowest BCUT2D eigenvalue weighted by atomic mass is 9.83. The number of nitrogens with zero attached hydrogens (tertiary/aromatic N) is 2. The Labute approximate surface area is 210 Å². The van der Waals surface area contributed by atoms with Gasteiger partial charge in [0.1, 0.15) is 5.75 Å². The number of carboxylic acid groups (broad SMARTS) is 1. The van der Waals surface area contributed by atoms with Crippen LogP contribution in [0.1, 0.15) is 45.1 Å². The molecule has 0 saturated heterocycles. The number of ether oxygens (including phenoxy) is 1. The first-order chi connectivity index (χ1) is 17.5. The molecule has 0 amide bonds. The Balaban J connectivity index is 1.60. The highest BCUT2D eigenvalue weighted by Crippen LogP contribution is 2.43. The number of thiazole rings is 1. The van der Waals surface area contributed by atoms with Crippen molar-refractivity contribution in [1.29, 1.82) is 0 Å². The molecule has 0 spiro atoms. The topological polar surface area (TPSA) is 80.9 Å². The average molecular weight is 495 g/mol. The quantitative estimate of drug-likeness (QED) is 0.465. The maximum absolute atomic E-state index is 13.8. The van der Waals surface area contributed by atoms with Gasteiger partial charge in [0, 0.05) is 11.1 Å². The number of aryl methyl sites for hydroxylation is 1. The third kappa shape index (κ3) is 3.60. The summed E-state index contributed by atoms with van der Waals surface area (Å²) < 4.78 is 8.05. The van der Waals surface area contributed by atoms with Crippen LogP contribution >= 0.6 is 11.3 Å². The number of hydrogen-bond donors (Lipinski definition) is 1. The van der Waals surface area contributed by atoms with Gasteiger partial charge in [-0.1, -0.05) is 65.9 Å². The van der Waals surface area contributed by atoms with E-state index in [0.717, 1.165) is 46.6 Å². The van der Waals surface area contributed by atoms with E-state index >= 15 is 0 Å². The van der Waals surface area contributed by atoms with Crippen LogP contribution in [0.5, 0.6) is 5.75 Å².